The van der Waals surface area contributed by atoms with Crippen LogP contribution in [-0.2, 0) is 0 Å². The lowest BCUT2D eigenvalue weighted by Gasteiger charge is -2.22. The van der Waals surface area contributed by atoms with Gasteiger partial charge in [-0.25, -0.2) is 14.8 Å². The summed E-state index contributed by atoms with van der Waals surface area (Å²) < 4.78 is 1.16. The van der Waals surface area contributed by atoms with Crippen LogP contribution in [0.4, 0.5) is 9.93 Å². The largest absolute Gasteiger partial charge is 0.324 e. The predicted molar refractivity (Wildman–Crippen MR) is 115 cm³/mol. The number of nitrogens with zero attached hydrogens (tertiary/aromatic N) is 3. The van der Waals surface area contributed by atoms with Gasteiger partial charge in [0, 0.05) is 12.7 Å². The number of aromatic nitrogens is 2. The molecule has 5 nitrogen and oxygen atoms in total. The fourth-order valence-corrected chi connectivity index (χ4v) is 5.46. The quantitative estimate of drug-likeness (QED) is 0.468. The van der Waals surface area contributed by atoms with Crippen LogP contribution in [0.25, 0.3) is 20.7 Å². The Morgan fingerprint density at radius 1 is 1.07 bits per heavy atom. The van der Waals surface area contributed by atoms with Crippen LogP contribution in [-0.4, -0.2) is 27.4 Å². The van der Waals surface area contributed by atoms with Gasteiger partial charge in [0.2, 0.25) is 0 Å². The molecule has 1 unspecified atom stereocenters. The van der Waals surface area contributed by atoms with E-state index in [0.717, 1.165) is 45.1 Å². The Hall–Kier alpha value is -2.77. The van der Waals surface area contributed by atoms with Gasteiger partial charge in [-0.1, -0.05) is 53.8 Å². The molecule has 3 heterocycles. The molecule has 140 valence electrons. The molecule has 0 bridgehead atoms. The molecule has 1 aliphatic rings. The molecule has 0 spiro atoms. The van der Waals surface area contributed by atoms with Crippen LogP contribution in [0.2, 0.25) is 0 Å². The Morgan fingerprint density at radius 3 is 2.75 bits per heavy atom. The molecule has 4 aromatic rings. The molecule has 5 rings (SSSR count). The molecule has 0 radical (unpaired) electrons. The Morgan fingerprint density at radius 2 is 1.89 bits per heavy atom. The zero-order valence-electron chi connectivity index (χ0n) is 15.0. The van der Waals surface area contributed by atoms with Crippen molar-refractivity contribution in [3.8, 4) is 10.4 Å². The van der Waals surface area contributed by atoms with Gasteiger partial charge >= 0.3 is 6.03 Å². The monoisotopic (exact) mass is 406 g/mol. The molecular weight excluding hydrogens is 388 g/mol. The van der Waals surface area contributed by atoms with Crippen LogP contribution in [0.3, 0.4) is 0 Å². The van der Waals surface area contributed by atoms with E-state index in [1.807, 2.05) is 59.6 Å². The number of hydrogen-bond donors (Lipinski definition) is 1. The Kier molecular flexibility index (Phi) is 4.54. The molecule has 1 fully saturated rings. The van der Waals surface area contributed by atoms with Crippen molar-refractivity contribution in [2.45, 2.75) is 18.9 Å². The summed E-state index contributed by atoms with van der Waals surface area (Å²) in [5, 5.41) is 4.61. The predicted octanol–water partition coefficient (Wildman–Crippen LogP) is 5.79. The molecule has 1 aliphatic heterocycles. The fourth-order valence-electron chi connectivity index (χ4n) is 3.53. The van der Waals surface area contributed by atoms with Crippen LogP contribution < -0.4 is 5.32 Å². The van der Waals surface area contributed by atoms with Crippen molar-refractivity contribution in [3.05, 3.63) is 65.8 Å². The number of anilines is 1. The van der Waals surface area contributed by atoms with E-state index in [2.05, 4.69) is 16.4 Å². The maximum Gasteiger partial charge on any atom is 0.324 e. The number of likely N-dealkylation sites (tertiary alicyclic amines) is 1. The van der Waals surface area contributed by atoms with Crippen molar-refractivity contribution in [1.29, 1.82) is 0 Å². The first-order chi connectivity index (χ1) is 13.8. The van der Waals surface area contributed by atoms with E-state index in [0.29, 0.717) is 5.13 Å². The van der Waals surface area contributed by atoms with Crippen molar-refractivity contribution in [2.75, 3.05) is 11.9 Å². The highest BCUT2D eigenvalue weighted by Gasteiger charge is 2.32. The number of carbonyl (C=O) groups excluding carboxylic acids is 1. The summed E-state index contributed by atoms with van der Waals surface area (Å²) in [7, 11) is 0. The molecule has 1 saturated heterocycles. The number of urea groups is 1. The number of fused-ring (bicyclic) bond motifs is 1. The fraction of sp³-hybridized carbons (Fsp3) is 0.190. The smallest absolute Gasteiger partial charge is 0.315 e. The Balaban J connectivity index is 1.34. The average molecular weight is 407 g/mol. The van der Waals surface area contributed by atoms with E-state index in [-0.39, 0.29) is 12.1 Å². The number of para-hydroxylation sites is 1. The van der Waals surface area contributed by atoms with E-state index < -0.39 is 0 Å². The highest BCUT2D eigenvalue weighted by Crippen LogP contribution is 2.37. The van der Waals surface area contributed by atoms with Crippen LogP contribution in [0.1, 0.15) is 23.9 Å². The Bertz CT molecular complexity index is 1090. The normalized spacial score (nSPS) is 16.6. The second kappa shape index (κ2) is 7.33. The zero-order valence-corrected chi connectivity index (χ0v) is 16.7. The molecule has 7 heteroatoms. The van der Waals surface area contributed by atoms with E-state index in [4.69, 9.17) is 4.98 Å². The molecule has 2 aromatic carbocycles. The van der Waals surface area contributed by atoms with Crippen LogP contribution in [0, 0.1) is 0 Å². The number of carbonyl (C=O) groups is 1. The van der Waals surface area contributed by atoms with Gasteiger partial charge < -0.3 is 4.90 Å². The topological polar surface area (TPSA) is 58.1 Å². The lowest BCUT2D eigenvalue weighted by molar-refractivity contribution is 0.207. The SMILES string of the molecule is O=C(Nc1ncc(-c2ccccc2)s1)N1CCCC1c1nc2ccccc2s1. The second-order valence-electron chi connectivity index (χ2n) is 6.70. The number of hydrogen-bond acceptors (Lipinski definition) is 5. The number of rotatable bonds is 3. The summed E-state index contributed by atoms with van der Waals surface area (Å²) in [4.78, 5) is 25.0. The van der Waals surface area contributed by atoms with E-state index in [1.165, 1.54) is 11.3 Å². The molecule has 0 saturated carbocycles. The number of nitrogens with one attached hydrogen (secondary N) is 1. The molecular formula is C21H18N4OS2. The molecule has 2 aromatic heterocycles. The molecule has 0 aliphatic carbocycles. The van der Waals surface area contributed by atoms with E-state index in [1.54, 1.807) is 11.3 Å². The van der Waals surface area contributed by atoms with Gasteiger partial charge in [0.15, 0.2) is 5.13 Å². The molecule has 2 amide bonds. The minimum Gasteiger partial charge on any atom is -0.315 e. The van der Waals surface area contributed by atoms with Gasteiger partial charge in [-0.2, -0.15) is 0 Å². The Labute approximate surface area is 170 Å². The summed E-state index contributed by atoms with van der Waals surface area (Å²) in [5.41, 5.74) is 2.11. The summed E-state index contributed by atoms with van der Waals surface area (Å²) in [6.45, 7) is 0.739. The van der Waals surface area contributed by atoms with Crippen LogP contribution in [0.5, 0.6) is 0 Å². The number of benzene rings is 2. The maximum atomic E-state index is 12.9. The van der Waals surface area contributed by atoms with Gasteiger partial charge in [0.05, 0.1) is 21.1 Å². The molecule has 28 heavy (non-hydrogen) atoms. The molecule has 1 atom stereocenters. The highest BCUT2D eigenvalue weighted by molar-refractivity contribution is 7.19. The minimum atomic E-state index is -0.101. The van der Waals surface area contributed by atoms with Gasteiger partial charge in [-0.3, -0.25) is 5.32 Å². The second-order valence-corrected chi connectivity index (χ2v) is 8.79. The van der Waals surface area contributed by atoms with Gasteiger partial charge in [-0.15, -0.1) is 11.3 Å². The lowest BCUT2D eigenvalue weighted by atomic mass is 10.2. The van der Waals surface area contributed by atoms with Crippen molar-refractivity contribution in [3.63, 3.8) is 0 Å². The first-order valence-electron chi connectivity index (χ1n) is 9.22. The first-order valence-corrected chi connectivity index (χ1v) is 10.9. The van der Waals surface area contributed by atoms with Crippen molar-refractivity contribution < 1.29 is 4.79 Å². The third-order valence-corrected chi connectivity index (χ3v) is 6.99. The van der Waals surface area contributed by atoms with Crippen molar-refractivity contribution in [1.82, 2.24) is 14.9 Å². The summed E-state index contributed by atoms with van der Waals surface area (Å²) >= 11 is 3.17. The van der Waals surface area contributed by atoms with Gasteiger partial charge in [0.1, 0.15) is 5.01 Å². The van der Waals surface area contributed by atoms with Crippen molar-refractivity contribution >= 4 is 44.1 Å². The first kappa shape index (κ1) is 17.3. The number of amides is 2. The summed E-state index contributed by atoms with van der Waals surface area (Å²) in [6, 6.07) is 18.1. The van der Waals surface area contributed by atoms with E-state index in [9.17, 15) is 4.79 Å². The van der Waals surface area contributed by atoms with Crippen LogP contribution >= 0.6 is 22.7 Å². The number of thiazole rings is 2. The third kappa shape index (κ3) is 3.27. The van der Waals surface area contributed by atoms with Crippen molar-refractivity contribution in [2.24, 2.45) is 0 Å². The van der Waals surface area contributed by atoms with Gasteiger partial charge in [0.25, 0.3) is 0 Å². The highest BCUT2D eigenvalue weighted by atomic mass is 32.1. The average Bonchev–Trinajstić information content (AvgIpc) is 3.47. The van der Waals surface area contributed by atoms with Crippen LogP contribution in [0.15, 0.2) is 60.8 Å². The van der Waals surface area contributed by atoms with Gasteiger partial charge in [-0.05, 0) is 30.5 Å². The summed E-state index contributed by atoms with van der Waals surface area (Å²) in [5.74, 6) is 0. The standard InChI is InChI=1S/C21H18N4OS2/c26-21(24-20-22-13-18(28-20)14-7-2-1-3-8-14)25-12-6-10-16(25)19-23-15-9-4-5-11-17(15)27-19/h1-5,7-9,11,13,16H,6,10,12H2,(H,22,24,26). The lowest BCUT2D eigenvalue weighted by Crippen LogP contribution is -2.34. The molecule has 1 N–H and O–H groups in total. The van der Waals surface area contributed by atoms with E-state index >= 15 is 0 Å². The zero-order chi connectivity index (χ0) is 18.9. The maximum absolute atomic E-state index is 12.9. The third-order valence-electron chi connectivity index (χ3n) is 4.89. The minimum absolute atomic E-state index is 0.0333. The summed E-state index contributed by atoms with van der Waals surface area (Å²) in [6.07, 6.45) is 3.74.